The molecule has 26 heavy (non-hydrogen) atoms. The van der Waals surface area contributed by atoms with Crippen LogP contribution in [0.25, 0.3) is 21.7 Å². The second-order valence-corrected chi connectivity index (χ2v) is 7.10. The molecule has 1 atom stereocenters. The minimum atomic E-state index is -0.125. The molecule has 0 aliphatic rings. The van der Waals surface area contributed by atoms with Crippen LogP contribution < -0.4 is 10.5 Å². The monoisotopic (exact) mass is 364 g/mol. The van der Waals surface area contributed by atoms with Crippen LogP contribution in [-0.4, -0.2) is 17.0 Å². The topological polar surface area (TPSA) is 50.2 Å². The highest BCUT2D eigenvalue weighted by molar-refractivity contribution is 6.31. The van der Waals surface area contributed by atoms with Gasteiger partial charge in [-0.05, 0) is 35.0 Å². The molecule has 0 radical (unpaired) electrons. The molecule has 5 heteroatoms. The van der Waals surface area contributed by atoms with Gasteiger partial charge in [0.2, 0.25) is 0 Å². The second kappa shape index (κ2) is 6.90. The number of quaternary nitrogens is 1. The standard InChI is InChI=1S/C21H18ClN3O/c1-25(12-14-6-7-15-4-2-3-5-16(15)10-14)13-20-23-19-11-17(22)8-9-18(19)21(26)24-20/h2-11H,12-13H2,1H3,(H,23,24,26)/p+1. The first-order valence-electron chi connectivity index (χ1n) is 8.56. The van der Waals surface area contributed by atoms with Crippen molar-refractivity contribution in [1.82, 2.24) is 9.97 Å². The molecule has 0 saturated heterocycles. The summed E-state index contributed by atoms with van der Waals surface area (Å²) in [5.41, 5.74) is 1.77. The van der Waals surface area contributed by atoms with Crippen LogP contribution in [0, 0.1) is 0 Å². The average Bonchev–Trinajstić information content (AvgIpc) is 2.61. The molecule has 1 aromatic heterocycles. The SMILES string of the molecule is C[NH+](Cc1ccc2ccccc2c1)Cc1nc2cc(Cl)ccc2c(=O)[nH]1. The molecule has 0 amide bonds. The zero-order valence-electron chi connectivity index (χ0n) is 14.4. The van der Waals surface area contributed by atoms with Crippen molar-refractivity contribution in [2.75, 3.05) is 7.05 Å². The van der Waals surface area contributed by atoms with Crippen LogP contribution in [0.15, 0.2) is 65.5 Å². The maximum Gasteiger partial charge on any atom is 0.258 e. The van der Waals surface area contributed by atoms with Gasteiger partial charge in [-0.25, -0.2) is 4.98 Å². The molecule has 0 saturated carbocycles. The van der Waals surface area contributed by atoms with Gasteiger partial charge >= 0.3 is 0 Å². The van der Waals surface area contributed by atoms with Crippen LogP contribution in [-0.2, 0) is 13.1 Å². The summed E-state index contributed by atoms with van der Waals surface area (Å²) in [6.45, 7) is 1.48. The lowest BCUT2D eigenvalue weighted by atomic mass is 10.1. The Labute approximate surface area is 156 Å². The predicted molar refractivity (Wildman–Crippen MR) is 106 cm³/mol. The van der Waals surface area contributed by atoms with Gasteiger partial charge in [-0.1, -0.05) is 48.0 Å². The van der Waals surface area contributed by atoms with E-state index in [1.165, 1.54) is 21.2 Å². The van der Waals surface area contributed by atoms with Gasteiger partial charge in [-0.2, -0.15) is 0 Å². The molecule has 0 fully saturated rings. The number of H-pyrrole nitrogens is 1. The van der Waals surface area contributed by atoms with Crippen molar-refractivity contribution in [2.24, 2.45) is 0 Å². The summed E-state index contributed by atoms with van der Waals surface area (Å²) >= 11 is 6.03. The van der Waals surface area contributed by atoms with E-state index in [9.17, 15) is 4.79 Å². The molecule has 130 valence electrons. The summed E-state index contributed by atoms with van der Waals surface area (Å²) in [7, 11) is 2.09. The summed E-state index contributed by atoms with van der Waals surface area (Å²) in [6.07, 6.45) is 0. The van der Waals surface area contributed by atoms with E-state index in [0.717, 1.165) is 6.54 Å². The van der Waals surface area contributed by atoms with E-state index in [0.29, 0.717) is 28.3 Å². The van der Waals surface area contributed by atoms with Crippen molar-refractivity contribution < 1.29 is 4.90 Å². The highest BCUT2D eigenvalue weighted by Gasteiger charge is 2.10. The molecule has 0 bridgehead atoms. The quantitative estimate of drug-likeness (QED) is 0.585. The molecule has 1 unspecified atom stereocenters. The number of nitrogens with one attached hydrogen (secondary N) is 2. The molecule has 4 nitrogen and oxygen atoms in total. The molecular weight excluding hydrogens is 346 g/mol. The molecule has 4 aromatic rings. The maximum absolute atomic E-state index is 12.2. The lowest BCUT2D eigenvalue weighted by molar-refractivity contribution is -0.908. The number of halogens is 1. The fourth-order valence-corrected chi connectivity index (χ4v) is 3.46. The lowest BCUT2D eigenvalue weighted by Crippen LogP contribution is -3.06. The molecule has 0 aliphatic heterocycles. The zero-order chi connectivity index (χ0) is 18.1. The highest BCUT2D eigenvalue weighted by atomic mass is 35.5. The molecule has 4 rings (SSSR count). The minimum Gasteiger partial charge on any atom is -0.327 e. The van der Waals surface area contributed by atoms with Crippen LogP contribution in [0.3, 0.4) is 0 Å². The smallest absolute Gasteiger partial charge is 0.258 e. The number of aromatic nitrogens is 2. The van der Waals surface area contributed by atoms with Crippen LogP contribution in [0.4, 0.5) is 0 Å². The first-order chi connectivity index (χ1) is 12.6. The number of benzene rings is 3. The summed E-state index contributed by atoms with van der Waals surface area (Å²) in [6, 6.07) is 20.0. The number of rotatable bonds is 4. The van der Waals surface area contributed by atoms with E-state index in [4.69, 9.17) is 11.6 Å². The van der Waals surface area contributed by atoms with Crippen molar-refractivity contribution in [1.29, 1.82) is 0 Å². The lowest BCUT2D eigenvalue weighted by Gasteiger charge is -2.14. The third-order valence-corrected chi connectivity index (χ3v) is 4.74. The Morgan fingerprint density at radius 3 is 2.65 bits per heavy atom. The number of hydrogen-bond donors (Lipinski definition) is 2. The van der Waals surface area contributed by atoms with E-state index in [1.54, 1.807) is 18.2 Å². The van der Waals surface area contributed by atoms with Gasteiger partial charge < -0.3 is 9.88 Å². The van der Waals surface area contributed by atoms with Crippen LogP contribution in [0.1, 0.15) is 11.4 Å². The molecule has 3 aromatic carbocycles. The Balaban J connectivity index is 1.56. The van der Waals surface area contributed by atoms with Gasteiger partial charge in [0.1, 0.15) is 13.1 Å². The number of hydrogen-bond acceptors (Lipinski definition) is 2. The van der Waals surface area contributed by atoms with Crippen molar-refractivity contribution in [3.63, 3.8) is 0 Å². The van der Waals surface area contributed by atoms with Crippen LogP contribution >= 0.6 is 11.6 Å². The molecule has 2 N–H and O–H groups in total. The van der Waals surface area contributed by atoms with Gasteiger partial charge in [0.15, 0.2) is 5.82 Å². The molecule has 0 aliphatic carbocycles. The van der Waals surface area contributed by atoms with Gasteiger partial charge in [0.05, 0.1) is 18.0 Å². The minimum absolute atomic E-state index is 0.125. The maximum atomic E-state index is 12.2. The summed E-state index contributed by atoms with van der Waals surface area (Å²) in [5, 5.41) is 3.62. The second-order valence-electron chi connectivity index (χ2n) is 6.67. The first-order valence-corrected chi connectivity index (χ1v) is 8.94. The van der Waals surface area contributed by atoms with Gasteiger partial charge in [0.25, 0.3) is 5.56 Å². The number of fused-ring (bicyclic) bond motifs is 2. The molecule has 0 spiro atoms. The van der Waals surface area contributed by atoms with Crippen molar-refractivity contribution in [3.8, 4) is 0 Å². The fraction of sp³-hybridized carbons (Fsp3) is 0.143. The first kappa shape index (κ1) is 16.8. The third-order valence-electron chi connectivity index (χ3n) is 4.51. The van der Waals surface area contributed by atoms with Gasteiger partial charge in [-0.15, -0.1) is 0 Å². The predicted octanol–water partition coefficient (Wildman–Crippen LogP) is 2.94. The van der Waals surface area contributed by atoms with E-state index in [1.807, 2.05) is 6.07 Å². The van der Waals surface area contributed by atoms with Gasteiger partial charge in [0, 0.05) is 10.6 Å². The van der Waals surface area contributed by atoms with Crippen molar-refractivity contribution >= 4 is 33.3 Å². The van der Waals surface area contributed by atoms with Crippen LogP contribution in [0.5, 0.6) is 0 Å². The largest absolute Gasteiger partial charge is 0.327 e. The van der Waals surface area contributed by atoms with Crippen molar-refractivity contribution in [2.45, 2.75) is 13.1 Å². The van der Waals surface area contributed by atoms with E-state index in [2.05, 4.69) is 53.4 Å². The number of aromatic amines is 1. The summed E-state index contributed by atoms with van der Waals surface area (Å²) in [5.74, 6) is 0.669. The third kappa shape index (κ3) is 3.47. The van der Waals surface area contributed by atoms with Crippen molar-refractivity contribution in [3.05, 3.63) is 87.4 Å². The Morgan fingerprint density at radius 1 is 1.00 bits per heavy atom. The normalized spacial score (nSPS) is 12.5. The Hall–Kier alpha value is -2.69. The Kier molecular flexibility index (Phi) is 4.45. The van der Waals surface area contributed by atoms with E-state index >= 15 is 0 Å². The van der Waals surface area contributed by atoms with Gasteiger partial charge in [-0.3, -0.25) is 4.79 Å². The number of nitrogens with zero attached hydrogens (tertiary/aromatic N) is 1. The summed E-state index contributed by atoms with van der Waals surface area (Å²) in [4.78, 5) is 20.9. The zero-order valence-corrected chi connectivity index (χ0v) is 15.2. The van der Waals surface area contributed by atoms with E-state index in [-0.39, 0.29) is 5.56 Å². The van der Waals surface area contributed by atoms with E-state index < -0.39 is 0 Å². The average molecular weight is 365 g/mol. The summed E-state index contributed by atoms with van der Waals surface area (Å²) < 4.78 is 0. The fourth-order valence-electron chi connectivity index (χ4n) is 3.29. The Bertz CT molecular complexity index is 1150. The Morgan fingerprint density at radius 2 is 1.81 bits per heavy atom. The molecule has 1 heterocycles. The van der Waals surface area contributed by atoms with Crippen LogP contribution in [0.2, 0.25) is 5.02 Å². The molecular formula is C21H19ClN3O+. The highest BCUT2D eigenvalue weighted by Crippen LogP contribution is 2.16.